The zero-order valence-corrected chi connectivity index (χ0v) is 12.4. The van der Waals surface area contributed by atoms with Gasteiger partial charge >= 0.3 is 5.97 Å². The molecule has 2 saturated heterocycles. The van der Waals surface area contributed by atoms with Crippen LogP contribution < -0.4 is 5.32 Å². The van der Waals surface area contributed by atoms with Crippen molar-refractivity contribution in [1.82, 2.24) is 5.32 Å². The number of carboxylic acids is 1. The Morgan fingerprint density at radius 3 is 2.95 bits per heavy atom. The lowest BCUT2D eigenvalue weighted by molar-refractivity contribution is 0.0701. The lowest BCUT2D eigenvalue weighted by Gasteiger charge is -2.20. The van der Waals surface area contributed by atoms with Gasteiger partial charge in [0.25, 0.3) is 0 Å². The van der Waals surface area contributed by atoms with Gasteiger partial charge in [-0.2, -0.15) is 0 Å². The second kappa shape index (κ2) is 5.09. The Bertz CT molecular complexity index is 696. The van der Waals surface area contributed by atoms with Gasteiger partial charge in [-0.05, 0) is 36.3 Å². The monoisotopic (exact) mass is 303 g/mol. The Hall–Kier alpha value is -1.43. The number of benzene rings is 1. The molecule has 2 N–H and O–H groups in total. The molecule has 4 rings (SSSR count). The third-order valence-corrected chi connectivity index (χ3v) is 5.74. The summed E-state index contributed by atoms with van der Waals surface area (Å²) in [6.45, 7) is 0.600. The smallest absolute Gasteiger partial charge is 0.346 e. The van der Waals surface area contributed by atoms with Crippen molar-refractivity contribution in [3.63, 3.8) is 0 Å². The first-order chi connectivity index (χ1) is 10.2. The van der Waals surface area contributed by atoms with Gasteiger partial charge in [0.1, 0.15) is 4.88 Å². The van der Waals surface area contributed by atoms with Gasteiger partial charge in [0, 0.05) is 17.3 Å². The molecule has 2 bridgehead atoms. The normalized spacial score (nSPS) is 27.5. The first kappa shape index (κ1) is 13.2. The van der Waals surface area contributed by atoms with Gasteiger partial charge in [0.05, 0.1) is 12.2 Å². The van der Waals surface area contributed by atoms with Crippen molar-refractivity contribution in [2.45, 2.75) is 44.1 Å². The van der Waals surface area contributed by atoms with Crippen LogP contribution in [0, 0.1) is 0 Å². The van der Waals surface area contributed by atoms with E-state index in [0.29, 0.717) is 29.7 Å². The summed E-state index contributed by atoms with van der Waals surface area (Å²) in [4.78, 5) is 11.9. The minimum Gasteiger partial charge on any atom is -0.477 e. The fourth-order valence-corrected chi connectivity index (χ4v) is 4.59. The highest BCUT2D eigenvalue weighted by atomic mass is 32.1. The second-order valence-electron chi connectivity index (χ2n) is 5.81. The number of hydrogen-bond donors (Lipinski definition) is 2. The van der Waals surface area contributed by atoms with Gasteiger partial charge in [0.15, 0.2) is 0 Å². The van der Waals surface area contributed by atoms with Crippen LogP contribution in [0.2, 0.25) is 0 Å². The summed E-state index contributed by atoms with van der Waals surface area (Å²) >= 11 is 1.36. The summed E-state index contributed by atoms with van der Waals surface area (Å²) < 4.78 is 6.88. The minimum absolute atomic E-state index is 0.313. The number of carbonyl (C=O) groups is 1. The highest BCUT2D eigenvalue weighted by molar-refractivity contribution is 7.21. The van der Waals surface area contributed by atoms with E-state index in [9.17, 15) is 9.90 Å². The predicted octanol–water partition coefficient (Wildman–Crippen LogP) is 3.01. The predicted molar refractivity (Wildman–Crippen MR) is 81.9 cm³/mol. The Morgan fingerprint density at radius 2 is 2.24 bits per heavy atom. The van der Waals surface area contributed by atoms with E-state index in [4.69, 9.17) is 4.74 Å². The van der Waals surface area contributed by atoms with Crippen LogP contribution in [0.15, 0.2) is 24.3 Å². The lowest BCUT2D eigenvalue weighted by Crippen LogP contribution is -2.37. The van der Waals surface area contributed by atoms with E-state index in [0.717, 1.165) is 28.5 Å². The highest BCUT2D eigenvalue weighted by Crippen LogP contribution is 2.35. The summed E-state index contributed by atoms with van der Waals surface area (Å²) in [5.74, 6) is -0.836. The molecule has 5 heteroatoms. The Morgan fingerprint density at radius 1 is 1.38 bits per heavy atom. The van der Waals surface area contributed by atoms with Crippen LogP contribution in [0.25, 0.3) is 10.1 Å². The summed E-state index contributed by atoms with van der Waals surface area (Å²) in [5.41, 5.74) is 0.908. The standard InChI is InChI=1S/C16H17NO3S/c18-16(19)15-11(10-3-1-2-4-14(10)21-15)8-17-12-7-9-5-6-13(12)20-9/h1-4,9,12-13,17H,5-8H2,(H,18,19). The zero-order valence-electron chi connectivity index (χ0n) is 11.5. The number of nitrogens with one attached hydrogen (secondary N) is 1. The summed E-state index contributed by atoms with van der Waals surface area (Å²) in [5, 5.41) is 14.0. The molecular formula is C16H17NO3S. The summed E-state index contributed by atoms with van der Waals surface area (Å²) in [7, 11) is 0. The van der Waals surface area contributed by atoms with Crippen LogP contribution in [-0.2, 0) is 11.3 Å². The Balaban J connectivity index is 1.60. The average molecular weight is 303 g/mol. The van der Waals surface area contributed by atoms with Crippen LogP contribution in [0.5, 0.6) is 0 Å². The molecule has 3 atom stereocenters. The number of carboxylic acid groups (broad SMARTS) is 1. The molecule has 0 saturated carbocycles. The molecule has 0 aliphatic carbocycles. The maximum atomic E-state index is 11.5. The van der Waals surface area contributed by atoms with E-state index in [-0.39, 0.29) is 0 Å². The van der Waals surface area contributed by atoms with Crippen molar-refractivity contribution in [2.75, 3.05) is 0 Å². The molecule has 21 heavy (non-hydrogen) atoms. The second-order valence-corrected chi connectivity index (χ2v) is 6.86. The van der Waals surface area contributed by atoms with Crippen molar-refractivity contribution >= 4 is 27.4 Å². The number of rotatable bonds is 4. The SMILES string of the molecule is O=C(O)c1sc2ccccc2c1CNC1CC2CCC1O2. The van der Waals surface area contributed by atoms with E-state index < -0.39 is 5.97 Å². The average Bonchev–Trinajstić information content (AvgIpc) is 3.18. The molecule has 4 nitrogen and oxygen atoms in total. The third kappa shape index (κ3) is 2.25. The number of aromatic carboxylic acids is 1. The summed E-state index contributed by atoms with van der Waals surface area (Å²) in [6, 6.07) is 8.27. The fraction of sp³-hybridized carbons (Fsp3) is 0.438. The van der Waals surface area contributed by atoms with Crippen molar-refractivity contribution in [1.29, 1.82) is 0 Å². The molecule has 2 aromatic rings. The maximum absolute atomic E-state index is 11.5. The van der Waals surface area contributed by atoms with Crippen molar-refractivity contribution in [3.8, 4) is 0 Å². The molecule has 0 amide bonds. The number of ether oxygens (including phenoxy) is 1. The molecule has 1 aromatic carbocycles. The van der Waals surface area contributed by atoms with Gasteiger partial charge in [-0.25, -0.2) is 4.79 Å². The Labute approximate surface area is 126 Å². The van der Waals surface area contributed by atoms with Gasteiger partial charge < -0.3 is 15.2 Å². The van der Waals surface area contributed by atoms with Gasteiger partial charge in [-0.3, -0.25) is 0 Å². The van der Waals surface area contributed by atoms with E-state index in [1.807, 2.05) is 24.3 Å². The molecule has 2 fully saturated rings. The van der Waals surface area contributed by atoms with Crippen molar-refractivity contribution in [2.24, 2.45) is 0 Å². The molecular weight excluding hydrogens is 286 g/mol. The number of thiophene rings is 1. The first-order valence-electron chi connectivity index (χ1n) is 7.35. The van der Waals surface area contributed by atoms with Crippen LogP contribution in [0.4, 0.5) is 0 Å². The van der Waals surface area contributed by atoms with Crippen LogP contribution in [0.1, 0.15) is 34.5 Å². The third-order valence-electron chi connectivity index (χ3n) is 4.54. The van der Waals surface area contributed by atoms with Crippen molar-refractivity contribution in [3.05, 3.63) is 34.7 Å². The summed E-state index contributed by atoms with van der Waals surface area (Å²) in [6.07, 6.45) is 4.07. The molecule has 110 valence electrons. The molecule has 1 aromatic heterocycles. The Kier molecular flexibility index (Phi) is 3.21. The van der Waals surface area contributed by atoms with E-state index in [1.54, 1.807) is 0 Å². The first-order valence-corrected chi connectivity index (χ1v) is 8.16. The molecule has 3 heterocycles. The topological polar surface area (TPSA) is 58.6 Å². The van der Waals surface area contributed by atoms with Gasteiger partial charge in [-0.1, -0.05) is 18.2 Å². The van der Waals surface area contributed by atoms with Gasteiger partial charge in [-0.15, -0.1) is 11.3 Å². The molecule has 2 aliphatic heterocycles. The van der Waals surface area contributed by atoms with E-state index in [2.05, 4.69) is 5.32 Å². The van der Waals surface area contributed by atoms with Crippen LogP contribution >= 0.6 is 11.3 Å². The van der Waals surface area contributed by atoms with Crippen LogP contribution in [0.3, 0.4) is 0 Å². The fourth-order valence-electron chi connectivity index (χ4n) is 3.53. The number of hydrogen-bond acceptors (Lipinski definition) is 4. The quantitative estimate of drug-likeness (QED) is 0.911. The highest BCUT2D eigenvalue weighted by Gasteiger charge is 2.40. The molecule has 3 unspecified atom stereocenters. The molecule has 0 spiro atoms. The molecule has 0 radical (unpaired) electrons. The maximum Gasteiger partial charge on any atom is 0.346 e. The lowest BCUT2D eigenvalue weighted by atomic mass is 9.95. The van der Waals surface area contributed by atoms with Crippen molar-refractivity contribution < 1.29 is 14.6 Å². The van der Waals surface area contributed by atoms with Gasteiger partial charge in [0.2, 0.25) is 0 Å². The zero-order chi connectivity index (χ0) is 14.4. The minimum atomic E-state index is -0.836. The number of fused-ring (bicyclic) bond motifs is 3. The van der Waals surface area contributed by atoms with E-state index in [1.165, 1.54) is 17.8 Å². The van der Waals surface area contributed by atoms with E-state index >= 15 is 0 Å². The largest absolute Gasteiger partial charge is 0.477 e. The molecule has 2 aliphatic rings. The van der Waals surface area contributed by atoms with Crippen LogP contribution in [-0.4, -0.2) is 29.3 Å².